The molecule has 0 aliphatic heterocycles. The molecule has 1 aromatic heterocycles. The molecule has 0 unspecified atom stereocenters. The smallest absolute Gasteiger partial charge is 0.153 e. The number of hydrogen-bond donors (Lipinski definition) is 2. The molecule has 0 amide bonds. The van der Waals surface area contributed by atoms with Crippen LogP contribution in [-0.2, 0) is 0 Å². The standard InChI is InChI=1S/C16H20FN3/c1-15(2)13(16(15,3)4)12-11(14(18)20-19-12)9-6-5-7-10(17)8-9/h5-8,13H,1-4H3,(H3,18,19,20). The van der Waals surface area contributed by atoms with Gasteiger partial charge in [-0.2, -0.15) is 5.10 Å². The van der Waals surface area contributed by atoms with Crippen molar-refractivity contribution in [1.82, 2.24) is 10.2 Å². The molecule has 1 heterocycles. The summed E-state index contributed by atoms with van der Waals surface area (Å²) in [7, 11) is 0. The van der Waals surface area contributed by atoms with Crippen LogP contribution in [0.2, 0.25) is 0 Å². The van der Waals surface area contributed by atoms with Gasteiger partial charge in [-0.3, -0.25) is 5.10 Å². The molecule has 106 valence electrons. The quantitative estimate of drug-likeness (QED) is 0.870. The molecule has 20 heavy (non-hydrogen) atoms. The van der Waals surface area contributed by atoms with Gasteiger partial charge in [0.05, 0.1) is 0 Å². The fourth-order valence-corrected chi connectivity index (χ4v) is 3.44. The Balaban J connectivity index is 2.13. The predicted octanol–water partition coefficient (Wildman–Crippen LogP) is 3.95. The average molecular weight is 273 g/mol. The summed E-state index contributed by atoms with van der Waals surface area (Å²) in [6, 6.07) is 6.51. The van der Waals surface area contributed by atoms with Crippen molar-refractivity contribution in [3.05, 3.63) is 35.8 Å². The fraction of sp³-hybridized carbons (Fsp3) is 0.438. The van der Waals surface area contributed by atoms with Gasteiger partial charge in [0.25, 0.3) is 0 Å². The van der Waals surface area contributed by atoms with E-state index in [0.717, 1.165) is 16.8 Å². The van der Waals surface area contributed by atoms with Crippen LogP contribution in [0.4, 0.5) is 10.2 Å². The number of rotatable bonds is 2. The molecule has 1 saturated carbocycles. The lowest BCUT2D eigenvalue weighted by Gasteiger charge is -2.06. The van der Waals surface area contributed by atoms with Crippen LogP contribution in [0.1, 0.15) is 39.3 Å². The van der Waals surface area contributed by atoms with E-state index in [1.165, 1.54) is 12.1 Å². The number of nitrogens with two attached hydrogens (primary N) is 1. The lowest BCUT2D eigenvalue weighted by Crippen LogP contribution is -1.95. The number of hydrogen-bond acceptors (Lipinski definition) is 2. The molecule has 2 aromatic rings. The highest BCUT2D eigenvalue weighted by Crippen LogP contribution is 2.74. The lowest BCUT2D eigenvalue weighted by molar-refractivity contribution is 0.457. The second-order valence-electron chi connectivity index (χ2n) is 6.78. The summed E-state index contributed by atoms with van der Waals surface area (Å²) in [6.45, 7) is 8.96. The Morgan fingerprint density at radius 1 is 1.20 bits per heavy atom. The zero-order chi connectivity index (χ0) is 14.7. The summed E-state index contributed by atoms with van der Waals surface area (Å²) < 4.78 is 13.5. The van der Waals surface area contributed by atoms with Crippen molar-refractivity contribution in [2.45, 2.75) is 33.6 Å². The summed E-state index contributed by atoms with van der Waals surface area (Å²) in [5.41, 5.74) is 8.99. The molecule has 0 radical (unpaired) electrons. The van der Waals surface area contributed by atoms with Gasteiger partial charge in [-0.25, -0.2) is 4.39 Å². The van der Waals surface area contributed by atoms with Crippen molar-refractivity contribution in [3.8, 4) is 11.1 Å². The summed E-state index contributed by atoms with van der Waals surface area (Å²) in [6.07, 6.45) is 0. The molecule has 3 N–H and O–H groups in total. The van der Waals surface area contributed by atoms with Gasteiger partial charge in [-0.1, -0.05) is 39.8 Å². The van der Waals surface area contributed by atoms with E-state index in [0.29, 0.717) is 11.7 Å². The van der Waals surface area contributed by atoms with Crippen molar-refractivity contribution < 1.29 is 4.39 Å². The average Bonchev–Trinajstić information content (AvgIpc) is 2.64. The first kappa shape index (κ1) is 13.2. The third-order valence-electron chi connectivity index (χ3n) is 5.24. The Bertz CT molecular complexity index is 656. The van der Waals surface area contributed by atoms with E-state index in [2.05, 4.69) is 37.9 Å². The summed E-state index contributed by atoms with van der Waals surface area (Å²) >= 11 is 0. The van der Waals surface area contributed by atoms with Gasteiger partial charge in [-0.05, 0) is 28.5 Å². The Morgan fingerprint density at radius 3 is 2.40 bits per heavy atom. The van der Waals surface area contributed by atoms with Gasteiger partial charge >= 0.3 is 0 Å². The topological polar surface area (TPSA) is 54.7 Å². The number of halogens is 1. The Kier molecular flexibility index (Phi) is 2.53. The number of benzene rings is 1. The molecule has 0 bridgehead atoms. The van der Waals surface area contributed by atoms with Crippen LogP contribution in [-0.4, -0.2) is 10.2 Å². The SMILES string of the molecule is CC1(C)C(c2[nH]nc(N)c2-c2cccc(F)c2)C1(C)C. The van der Waals surface area contributed by atoms with Crippen LogP contribution < -0.4 is 5.73 Å². The maximum Gasteiger partial charge on any atom is 0.153 e. The summed E-state index contributed by atoms with van der Waals surface area (Å²) in [5.74, 6) is 0.519. The molecule has 1 aliphatic rings. The third-order valence-corrected chi connectivity index (χ3v) is 5.24. The predicted molar refractivity (Wildman–Crippen MR) is 78.7 cm³/mol. The van der Waals surface area contributed by atoms with Crippen LogP contribution in [0, 0.1) is 16.6 Å². The van der Waals surface area contributed by atoms with Crippen LogP contribution in [0.25, 0.3) is 11.1 Å². The zero-order valence-electron chi connectivity index (χ0n) is 12.3. The van der Waals surface area contributed by atoms with Crippen LogP contribution in [0.5, 0.6) is 0 Å². The number of nitrogens with one attached hydrogen (secondary N) is 1. The van der Waals surface area contributed by atoms with Crippen molar-refractivity contribution in [1.29, 1.82) is 0 Å². The Labute approximate surface area is 118 Å². The van der Waals surface area contributed by atoms with Crippen molar-refractivity contribution in [3.63, 3.8) is 0 Å². The largest absolute Gasteiger partial charge is 0.382 e. The second-order valence-corrected chi connectivity index (χ2v) is 6.78. The van der Waals surface area contributed by atoms with E-state index in [-0.39, 0.29) is 16.6 Å². The first-order valence-electron chi connectivity index (χ1n) is 6.86. The molecule has 1 aliphatic carbocycles. The highest BCUT2D eigenvalue weighted by molar-refractivity contribution is 5.77. The molecule has 1 aromatic carbocycles. The summed E-state index contributed by atoms with van der Waals surface area (Å²) in [5, 5.41) is 7.21. The van der Waals surface area contributed by atoms with E-state index in [1.807, 2.05) is 6.07 Å². The van der Waals surface area contributed by atoms with E-state index < -0.39 is 0 Å². The second kappa shape index (κ2) is 3.84. The first-order chi connectivity index (χ1) is 9.26. The number of H-pyrrole nitrogens is 1. The minimum absolute atomic E-state index is 0.175. The van der Waals surface area contributed by atoms with E-state index in [4.69, 9.17) is 5.73 Å². The molecule has 3 rings (SSSR count). The number of aromatic amines is 1. The Morgan fingerprint density at radius 2 is 1.85 bits per heavy atom. The number of aromatic nitrogens is 2. The third kappa shape index (κ3) is 1.60. The molecule has 3 nitrogen and oxygen atoms in total. The number of anilines is 1. The fourth-order valence-electron chi connectivity index (χ4n) is 3.44. The van der Waals surface area contributed by atoms with Gasteiger partial charge < -0.3 is 5.73 Å². The molecule has 1 fully saturated rings. The maximum atomic E-state index is 13.5. The van der Waals surface area contributed by atoms with E-state index in [1.54, 1.807) is 6.07 Å². The lowest BCUT2D eigenvalue weighted by atomic mass is 9.99. The Hall–Kier alpha value is -1.84. The normalized spacial score (nSPS) is 20.1. The van der Waals surface area contributed by atoms with Gasteiger partial charge in [0.2, 0.25) is 0 Å². The van der Waals surface area contributed by atoms with Crippen LogP contribution in [0.15, 0.2) is 24.3 Å². The molecule has 0 saturated heterocycles. The molecular weight excluding hydrogens is 253 g/mol. The molecule has 4 heteroatoms. The van der Waals surface area contributed by atoms with Gasteiger partial charge in [0.1, 0.15) is 5.82 Å². The highest BCUT2D eigenvalue weighted by Gasteiger charge is 2.66. The van der Waals surface area contributed by atoms with E-state index >= 15 is 0 Å². The van der Waals surface area contributed by atoms with Crippen molar-refractivity contribution in [2.75, 3.05) is 5.73 Å². The monoisotopic (exact) mass is 273 g/mol. The van der Waals surface area contributed by atoms with E-state index in [9.17, 15) is 4.39 Å². The minimum atomic E-state index is -0.261. The summed E-state index contributed by atoms with van der Waals surface area (Å²) in [4.78, 5) is 0. The molecular formula is C16H20FN3. The minimum Gasteiger partial charge on any atom is -0.382 e. The van der Waals surface area contributed by atoms with Crippen LogP contribution >= 0.6 is 0 Å². The maximum absolute atomic E-state index is 13.5. The van der Waals surface area contributed by atoms with Crippen molar-refractivity contribution >= 4 is 5.82 Å². The van der Waals surface area contributed by atoms with Crippen molar-refractivity contribution in [2.24, 2.45) is 10.8 Å². The molecule has 0 spiro atoms. The first-order valence-corrected chi connectivity index (χ1v) is 6.86. The van der Waals surface area contributed by atoms with Gasteiger partial charge in [-0.15, -0.1) is 0 Å². The van der Waals surface area contributed by atoms with Crippen LogP contribution in [0.3, 0.4) is 0 Å². The number of nitrogens with zero attached hydrogens (tertiary/aromatic N) is 1. The zero-order valence-corrected chi connectivity index (χ0v) is 12.3. The van der Waals surface area contributed by atoms with Gasteiger partial charge in [0.15, 0.2) is 5.82 Å². The van der Waals surface area contributed by atoms with Gasteiger partial charge in [0, 0.05) is 17.2 Å². The number of nitrogen functional groups attached to an aromatic ring is 1. The highest BCUT2D eigenvalue weighted by atomic mass is 19.1. The molecule has 0 atom stereocenters.